The summed E-state index contributed by atoms with van der Waals surface area (Å²) in [6.45, 7) is 9.03. The molecule has 1 fully saturated rings. The molecule has 4 heteroatoms. The highest BCUT2D eigenvalue weighted by Gasteiger charge is 2.45. The van der Waals surface area contributed by atoms with Gasteiger partial charge >= 0.3 is 11.9 Å². The molecule has 0 aromatic rings. The molecule has 1 rings (SSSR count). The van der Waals surface area contributed by atoms with Crippen LogP contribution in [0.2, 0.25) is 0 Å². The molecule has 1 saturated carbocycles. The Kier molecular flexibility index (Phi) is 9.27. The molecular formula is C19H34O4. The topological polar surface area (TPSA) is 52.6 Å². The summed E-state index contributed by atoms with van der Waals surface area (Å²) < 4.78 is 10.9. The first-order valence-electron chi connectivity index (χ1n) is 9.39. The fraction of sp³-hybridized carbons (Fsp3) is 0.895. The number of carbonyl (C=O) groups excluding carboxylic acids is 2. The number of hydrogen-bond acceptors (Lipinski definition) is 4. The number of ether oxygens (including phenoxy) is 2. The van der Waals surface area contributed by atoms with Crippen molar-refractivity contribution >= 4 is 11.9 Å². The zero-order valence-electron chi connectivity index (χ0n) is 15.3. The van der Waals surface area contributed by atoms with E-state index >= 15 is 0 Å². The average Bonchev–Trinajstić information content (AvgIpc) is 2.69. The maximum Gasteiger partial charge on any atom is 0.310 e. The van der Waals surface area contributed by atoms with Crippen molar-refractivity contribution in [1.29, 1.82) is 0 Å². The number of carbonyl (C=O) groups is 2. The van der Waals surface area contributed by atoms with Crippen molar-refractivity contribution in [2.24, 2.45) is 23.7 Å². The standard InChI is InChI=1S/C19H34O4/c1-5-9-15-11-8-10-14(4)16(18(20)22-12-6-2)17(15)19(21)23-13-7-3/h14-17H,5-13H2,1-4H3. The molecule has 0 N–H and O–H groups in total. The van der Waals surface area contributed by atoms with E-state index in [0.29, 0.717) is 13.2 Å². The van der Waals surface area contributed by atoms with Crippen molar-refractivity contribution in [3.8, 4) is 0 Å². The third kappa shape index (κ3) is 5.82. The van der Waals surface area contributed by atoms with Gasteiger partial charge < -0.3 is 9.47 Å². The first-order chi connectivity index (χ1) is 11.1. The van der Waals surface area contributed by atoms with Crippen LogP contribution in [0.3, 0.4) is 0 Å². The molecule has 4 atom stereocenters. The van der Waals surface area contributed by atoms with Crippen LogP contribution in [0.15, 0.2) is 0 Å². The quantitative estimate of drug-likeness (QED) is 0.491. The lowest BCUT2D eigenvalue weighted by Crippen LogP contribution is -2.39. The summed E-state index contributed by atoms with van der Waals surface area (Å²) in [6.07, 6.45) is 6.64. The van der Waals surface area contributed by atoms with E-state index in [1.54, 1.807) is 0 Å². The number of esters is 2. The fourth-order valence-electron chi connectivity index (χ4n) is 3.72. The molecule has 4 unspecified atom stereocenters. The van der Waals surface area contributed by atoms with E-state index < -0.39 is 0 Å². The minimum Gasteiger partial charge on any atom is -0.465 e. The first kappa shape index (κ1) is 20.0. The second-order valence-electron chi connectivity index (χ2n) is 6.84. The van der Waals surface area contributed by atoms with Gasteiger partial charge in [0.15, 0.2) is 0 Å². The molecule has 134 valence electrons. The van der Waals surface area contributed by atoms with E-state index in [1.807, 2.05) is 13.8 Å². The van der Waals surface area contributed by atoms with Gasteiger partial charge in [0.1, 0.15) is 0 Å². The van der Waals surface area contributed by atoms with Crippen LogP contribution >= 0.6 is 0 Å². The normalized spacial score (nSPS) is 28.0. The van der Waals surface area contributed by atoms with Gasteiger partial charge in [-0.1, -0.05) is 40.5 Å². The fourth-order valence-corrected chi connectivity index (χ4v) is 3.72. The zero-order chi connectivity index (χ0) is 17.2. The molecule has 0 spiro atoms. The Hall–Kier alpha value is -1.06. The third-order valence-electron chi connectivity index (χ3n) is 4.84. The van der Waals surface area contributed by atoms with Gasteiger partial charge in [-0.15, -0.1) is 0 Å². The summed E-state index contributed by atoms with van der Waals surface area (Å²) >= 11 is 0. The lowest BCUT2D eigenvalue weighted by atomic mass is 9.75. The van der Waals surface area contributed by atoms with Crippen LogP contribution in [0.4, 0.5) is 0 Å². The van der Waals surface area contributed by atoms with Crippen molar-refractivity contribution in [2.75, 3.05) is 13.2 Å². The minimum atomic E-state index is -0.357. The predicted molar refractivity (Wildman–Crippen MR) is 90.9 cm³/mol. The van der Waals surface area contributed by atoms with E-state index in [-0.39, 0.29) is 35.6 Å². The molecule has 1 aliphatic carbocycles. The Bertz CT molecular complexity index is 366. The Morgan fingerprint density at radius 1 is 0.870 bits per heavy atom. The van der Waals surface area contributed by atoms with Crippen LogP contribution < -0.4 is 0 Å². The lowest BCUT2D eigenvalue weighted by Gasteiger charge is -2.31. The number of rotatable bonds is 8. The van der Waals surface area contributed by atoms with Gasteiger partial charge in [0.25, 0.3) is 0 Å². The highest BCUT2D eigenvalue weighted by molar-refractivity contribution is 5.82. The Morgan fingerprint density at radius 2 is 1.43 bits per heavy atom. The van der Waals surface area contributed by atoms with Gasteiger partial charge in [0.2, 0.25) is 0 Å². The van der Waals surface area contributed by atoms with Crippen molar-refractivity contribution in [2.45, 2.75) is 72.6 Å². The molecule has 0 saturated heterocycles. The van der Waals surface area contributed by atoms with Crippen LogP contribution in [0.5, 0.6) is 0 Å². The number of hydrogen-bond donors (Lipinski definition) is 0. The second-order valence-corrected chi connectivity index (χ2v) is 6.84. The zero-order valence-corrected chi connectivity index (χ0v) is 15.3. The molecule has 0 aromatic carbocycles. The average molecular weight is 326 g/mol. The molecular weight excluding hydrogens is 292 g/mol. The van der Waals surface area contributed by atoms with Crippen LogP contribution in [0.1, 0.15) is 72.6 Å². The maximum atomic E-state index is 12.7. The smallest absolute Gasteiger partial charge is 0.310 e. The van der Waals surface area contributed by atoms with Crippen molar-refractivity contribution in [1.82, 2.24) is 0 Å². The summed E-state index contributed by atoms with van der Waals surface area (Å²) in [5.74, 6) is -0.708. The van der Waals surface area contributed by atoms with Gasteiger partial charge in [-0.2, -0.15) is 0 Å². The van der Waals surface area contributed by atoms with Gasteiger partial charge in [0.05, 0.1) is 25.0 Å². The van der Waals surface area contributed by atoms with E-state index in [4.69, 9.17) is 9.47 Å². The molecule has 23 heavy (non-hydrogen) atoms. The van der Waals surface area contributed by atoms with Gasteiger partial charge in [-0.05, 0) is 43.9 Å². The second kappa shape index (κ2) is 10.7. The Labute approximate surface area is 141 Å². The van der Waals surface area contributed by atoms with Gasteiger partial charge in [-0.3, -0.25) is 9.59 Å². The van der Waals surface area contributed by atoms with Gasteiger partial charge in [0, 0.05) is 0 Å². The maximum absolute atomic E-state index is 12.7. The molecule has 0 amide bonds. The summed E-state index contributed by atoms with van der Waals surface area (Å²) in [4.78, 5) is 25.3. The largest absolute Gasteiger partial charge is 0.465 e. The molecule has 0 radical (unpaired) electrons. The molecule has 4 nitrogen and oxygen atoms in total. The lowest BCUT2D eigenvalue weighted by molar-refractivity contribution is -0.165. The first-order valence-corrected chi connectivity index (χ1v) is 9.39. The van der Waals surface area contributed by atoms with Crippen molar-refractivity contribution in [3.05, 3.63) is 0 Å². The summed E-state index contributed by atoms with van der Waals surface area (Å²) in [7, 11) is 0. The SMILES string of the molecule is CCCOC(=O)C1C(C)CCCC(CCC)C1C(=O)OCCC. The third-order valence-corrected chi connectivity index (χ3v) is 4.84. The Morgan fingerprint density at radius 3 is 1.96 bits per heavy atom. The highest BCUT2D eigenvalue weighted by Crippen LogP contribution is 2.40. The van der Waals surface area contributed by atoms with Crippen LogP contribution in [-0.4, -0.2) is 25.2 Å². The molecule has 1 aliphatic rings. The van der Waals surface area contributed by atoms with E-state index in [2.05, 4.69) is 13.8 Å². The highest BCUT2D eigenvalue weighted by atomic mass is 16.5. The summed E-state index contributed by atoms with van der Waals surface area (Å²) in [5.41, 5.74) is 0. The van der Waals surface area contributed by atoms with E-state index in [1.165, 1.54) is 0 Å². The van der Waals surface area contributed by atoms with Crippen LogP contribution in [-0.2, 0) is 19.1 Å². The van der Waals surface area contributed by atoms with Crippen molar-refractivity contribution < 1.29 is 19.1 Å². The Balaban J connectivity index is 3.02. The van der Waals surface area contributed by atoms with Crippen LogP contribution in [0.25, 0.3) is 0 Å². The predicted octanol–water partition coefficient (Wildman–Crippen LogP) is 4.36. The molecule has 0 bridgehead atoms. The molecule has 0 aromatic heterocycles. The summed E-state index contributed by atoms with van der Waals surface area (Å²) in [6, 6.07) is 0. The minimum absolute atomic E-state index is 0.167. The van der Waals surface area contributed by atoms with E-state index in [0.717, 1.165) is 44.9 Å². The van der Waals surface area contributed by atoms with Crippen molar-refractivity contribution in [3.63, 3.8) is 0 Å². The summed E-state index contributed by atoms with van der Waals surface area (Å²) in [5, 5.41) is 0. The van der Waals surface area contributed by atoms with Gasteiger partial charge in [-0.25, -0.2) is 0 Å². The van der Waals surface area contributed by atoms with Crippen LogP contribution in [0, 0.1) is 23.7 Å². The van der Waals surface area contributed by atoms with E-state index in [9.17, 15) is 9.59 Å². The monoisotopic (exact) mass is 326 g/mol. The molecule has 0 heterocycles. The molecule has 0 aliphatic heterocycles.